The molecule has 1 heterocycles. The van der Waals surface area contributed by atoms with Crippen molar-refractivity contribution in [2.24, 2.45) is 0 Å². The van der Waals surface area contributed by atoms with Gasteiger partial charge < -0.3 is 15.0 Å². The van der Waals surface area contributed by atoms with Gasteiger partial charge in [-0.25, -0.2) is 4.79 Å². The van der Waals surface area contributed by atoms with Gasteiger partial charge in [-0.15, -0.1) is 0 Å². The summed E-state index contributed by atoms with van der Waals surface area (Å²) >= 11 is 0. The lowest BCUT2D eigenvalue weighted by Crippen LogP contribution is -2.29. The summed E-state index contributed by atoms with van der Waals surface area (Å²) in [5, 5.41) is 2.68. The second-order valence-corrected chi connectivity index (χ2v) is 5.48. The number of carbonyl (C=O) groups excluding carboxylic acids is 3. The molecule has 0 atom stereocenters. The number of carbonyl (C=O) groups is 3. The Hall–Kier alpha value is -2.37. The van der Waals surface area contributed by atoms with Crippen LogP contribution in [0.5, 0.6) is 0 Å². The second kappa shape index (κ2) is 8.31. The zero-order valence-electron chi connectivity index (χ0n) is 13.3. The fraction of sp³-hybridized carbons (Fsp3) is 0.471. The Morgan fingerprint density at radius 3 is 2.87 bits per heavy atom. The van der Waals surface area contributed by atoms with Crippen molar-refractivity contribution in [3.63, 3.8) is 0 Å². The van der Waals surface area contributed by atoms with E-state index in [0.29, 0.717) is 30.8 Å². The number of hydrogen-bond donors (Lipinski definition) is 1. The molecule has 2 amide bonds. The smallest absolute Gasteiger partial charge is 0.338 e. The van der Waals surface area contributed by atoms with Gasteiger partial charge in [-0.2, -0.15) is 0 Å². The standard InChI is InChI=1S/C17H22N2O4/c1-2-3-9-18-15(20)12-23-17(22)13-6-4-7-14(11-13)19-10-5-8-16(19)21/h4,6-7,11H,2-3,5,8-10,12H2,1H3,(H,18,20). The number of unbranched alkanes of at least 4 members (excludes halogenated alkanes) is 1. The molecule has 0 saturated carbocycles. The van der Waals surface area contributed by atoms with Gasteiger partial charge in [0.05, 0.1) is 5.56 Å². The van der Waals surface area contributed by atoms with E-state index in [9.17, 15) is 14.4 Å². The van der Waals surface area contributed by atoms with Crippen LogP contribution in [0.2, 0.25) is 0 Å². The van der Waals surface area contributed by atoms with E-state index >= 15 is 0 Å². The normalized spacial score (nSPS) is 14.0. The van der Waals surface area contributed by atoms with Gasteiger partial charge in [0.1, 0.15) is 0 Å². The van der Waals surface area contributed by atoms with E-state index in [4.69, 9.17) is 4.74 Å². The van der Waals surface area contributed by atoms with Crippen LogP contribution in [-0.4, -0.2) is 37.5 Å². The number of nitrogens with zero attached hydrogens (tertiary/aromatic N) is 1. The van der Waals surface area contributed by atoms with Crippen LogP contribution in [0.3, 0.4) is 0 Å². The average molecular weight is 318 g/mol. The summed E-state index contributed by atoms with van der Waals surface area (Å²) in [6.07, 6.45) is 3.24. The van der Waals surface area contributed by atoms with Gasteiger partial charge in [0, 0.05) is 25.2 Å². The highest BCUT2D eigenvalue weighted by atomic mass is 16.5. The van der Waals surface area contributed by atoms with Crippen molar-refractivity contribution in [1.82, 2.24) is 5.32 Å². The lowest BCUT2D eigenvalue weighted by atomic mass is 10.2. The maximum Gasteiger partial charge on any atom is 0.338 e. The third-order valence-electron chi connectivity index (χ3n) is 3.65. The molecule has 124 valence electrons. The van der Waals surface area contributed by atoms with Crippen LogP contribution >= 0.6 is 0 Å². The number of hydrogen-bond acceptors (Lipinski definition) is 4. The van der Waals surface area contributed by atoms with E-state index in [0.717, 1.165) is 19.3 Å². The van der Waals surface area contributed by atoms with Crippen LogP contribution in [-0.2, 0) is 14.3 Å². The first kappa shape index (κ1) is 17.0. The van der Waals surface area contributed by atoms with Gasteiger partial charge >= 0.3 is 5.97 Å². The first-order valence-corrected chi connectivity index (χ1v) is 7.96. The minimum atomic E-state index is -0.566. The number of rotatable bonds is 7. The summed E-state index contributed by atoms with van der Waals surface area (Å²) in [6.45, 7) is 2.98. The number of esters is 1. The second-order valence-electron chi connectivity index (χ2n) is 5.48. The monoisotopic (exact) mass is 318 g/mol. The average Bonchev–Trinajstić information content (AvgIpc) is 2.99. The molecule has 23 heavy (non-hydrogen) atoms. The highest BCUT2D eigenvalue weighted by Crippen LogP contribution is 2.22. The van der Waals surface area contributed by atoms with Gasteiger partial charge in [-0.05, 0) is 31.0 Å². The maximum absolute atomic E-state index is 12.0. The number of anilines is 1. The van der Waals surface area contributed by atoms with Crippen molar-refractivity contribution in [2.75, 3.05) is 24.6 Å². The molecule has 6 nitrogen and oxygen atoms in total. The number of nitrogens with one attached hydrogen (secondary N) is 1. The van der Waals surface area contributed by atoms with Crippen molar-refractivity contribution in [2.45, 2.75) is 32.6 Å². The Kier molecular flexibility index (Phi) is 6.14. The highest BCUT2D eigenvalue weighted by molar-refractivity contribution is 5.97. The summed E-state index contributed by atoms with van der Waals surface area (Å²) < 4.78 is 5.01. The van der Waals surface area contributed by atoms with Gasteiger partial charge in [0.15, 0.2) is 6.61 Å². The molecule has 0 unspecified atom stereocenters. The summed E-state index contributed by atoms with van der Waals surface area (Å²) in [6, 6.07) is 6.73. The van der Waals surface area contributed by atoms with E-state index in [1.165, 1.54) is 0 Å². The molecule has 0 aromatic heterocycles. The Morgan fingerprint density at radius 2 is 2.17 bits per heavy atom. The molecule has 1 aromatic rings. The molecular formula is C17H22N2O4. The van der Waals surface area contributed by atoms with Gasteiger partial charge in [0.25, 0.3) is 5.91 Å². The molecule has 6 heteroatoms. The fourth-order valence-corrected chi connectivity index (χ4v) is 2.39. The highest BCUT2D eigenvalue weighted by Gasteiger charge is 2.22. The summed E-state index contributed by atoms with van der Waals surface area (Å²) in [5.41, 5.74) is 1.03. The zero-order valence-corrected chi connectivity index (χ0v) is 13.3. The Morgan fingerprint density at radius 1 is 1.35 bits per heavy atom. The molecular weight excluding hydrogens is 296 g/mol. The molecule has 0 radical (unpaired) electrons. The fourth-order valence-electron chi connectivity index (χ4n) is 2.39. The van der Waals surface area contributed by atoms with E-state index in [-0.39, 0.29) is 18.4 Å². The van der Waals surface area contributed by atoms with Crippen molar-refractivity contribution in [1.29, 1.82) is 0 Å². The van der Waals surface area contributed by atoms with Crippen LogP contribution in [0.15, 0.2) is 24.3 Å². The van der Waals surface area contributed by atoms with Crippen molar-refractivity contribution in [3.05, 3.63) is 29.8 Å². The summed E-state index contributed by atoms with van der Waals surface area (Å²) in [7, 11) is 0. The number of ether oxygens (including phenoxy) is 1. The van der Waals surface area contributed by atoms with Crippen molar-refractivity contribution < 1.29 is 19.1 Å². The molecule has 2 rings (SSSR count). The molecule has 0 bridgehead atoms. The van der Waals surface area contributed by atoms with Crippen LogP contribution in [0.25, 0.3) is 0 Å². The Bertz CT molecular complexity index is 586. The SMILES string of the molecule is CCCCNC(=O)COC(=O)c1cccc(N2CCCC2=O)c1. The van der Waals surface area contributed by atoms with Crippen molar-refractivity contribution in [3.8, 4) is 0 Å². The third kappa shape index (κ3) is 4.81. The Balaban J connectivity index is 1.89. The predicted octanol–water partition coefficient (Wildman–Crippen LogP) is 1.89. The first-order valence-electron chi connectivity index (χ1n) is 7.96. The number of amides is 2. The molecule has 1 saturated heterocycles. The van der Waals surface area contributed by atoms with Crippen LogP contribution in [0, 0.1) is 0 Å². The minimum absolute atomic E-state index is 0.0609. The molecule has 0 spiro atoms. The lowest BCUT2D eigenvalue weighted by molar-refractivity contribution is -0.124. The van der Waals surface area contributed by atoms with Gasteiger partial charge in [-0.3, -0.25) is 9.59 Å². The molecule has 0 aliphatic carbocycles. The largest absolute Gasteiger partial charge is 0.452 e. The van der Waals surface area contributed by atoms with Crippen LogP contribution in [0.1, 0.15) is 43.0 Å². The maximum atomic E-state index is 12.0. The quantitative estimate of drug-likeness (QED) is 0.615. The minimum Gasteiger partial charge on any atom is -0.452 e. The van der Waals surface area contributed by atoms with Crippen molar-refractivity contribution >= 4 is 23.5 Å². The van der Waals surface area contributed by atoms with Gasteiger partial charge in [0.2, 0.25) is 5.91 Å². The van der Waals surface area contributed by atoms with Crippen LogP contribution < -0.4 is 10.2 Å². The zero-order chi connectivity index (χ0) is 16.7. The predicted molar refractivity (Wildman–Crippen MR) is 86.2 cm³/mol. The molecule has 1 aliphatic rings. The summed E-state index contributed by atoms with van der Waals surface area (Å²) in [5.74, 6) is -0.812. The first-order chi connectivity index (χ1) is 11.1. The van der Waals surface area contributed by atoms with E-state index in [1.54, 1.807) is 29.2 Å². The van der Waals surface area contributed by atoms with E-state index in [1.807, 2.05) is 6.92 Å². The molecule has 1 fully saturated rings. The Labute approximate surface area is 135 Å². The van der Waals surface area contributed by atoms with Crippen LogP contribution in [0.4, 0.5) is 5.69 Å². The number of benzene rings is 1. The third-order valence-corrected chi connectivity index (χ3v) is 3.65. The molecule has 1 aliphatic heterocycles. The topological polar surface area (TPSA) is 75.7 Å². The molecule has 1 N–H and O–H groups in total. The lowest BCUT2D eigenvalue weighted by Gasteiger charge is -2.16. The van der Waals surface area contributed by atoms with E-state index < -0.39 is 5.97 Å². The molecule has 1 aromatic carbocycles. The van der Waals surface area contributed by atoms with Gasteiger partial charge in [-0.1, -0.05) is 19.4 Å². The summed E-state index contributed by atoms with van der Waals surface area (Å²) in [4.78, 5) is 37.0. The van der Waals surface area contributed by atoms with E-state index in [2.05, 4.69) is 5.32 Å².